The number of rotatable bonds is 0. The van der Waals surface area contributed by atoms with Crippen molar-refractivity contribution in [2.24, 2.45) is 0 Å². The summed E-state index contributed by atoms with van der Waals surface area (Å²) in [4.78, 5) is 16.2. The first kappa shape index (κ1) is 15.4. The highest BCUT2D eigenvalue weighted by Gasteiger charge is 2.14. The lowest BCUT2D eigenvalue weighted by atomic mass is 10.1. The Balaban J connectivity index is 1.79. The first-order valence-electron chi connectivity index (χ1n) is 8.20. The third kappa shape index (κ3) is 3.26. The van der Waals surface area contributed by atoms with Crippen LogP contribution in [0.5, 0.6) is 5.75 Å². The number of hydrogen-bond acceptors (Lipinski definition) is 5. The first-order valence-corrected chi connectivity index (χ1v) is 8.20. The van der Waals surface area contributed by atoms with E-state index in [1.54, 1.807) is 6.20 Å². The van der Waals surface area contributed by atoms with Crippen LogP contribution in [0.3, 0.4) is 0 Å². The number of cyclic esters (lactones) is 1. The van der Waals surface area contributed by atoms with Crippen molar-refractivity contribution < 1.29 is 14.3 Å². The molecule has 25 heavy (non-hydrogen) atoms. The van der Waals surface area contributed by atoms with Gasteiger partial charge in [-0.05, 0) is 24.6 Å². The van der Waals surface area contributed by atoms with Crippen molar-refractivity contribution in [1.82, 2.24) is 20.5 Å². The molecule has 0 fully saturated rings. The number of fused-ring (bicyclic) bond motifs is 4. The van der Waals surface area contributed by atoms with Gasteiger partial charge in [-0.15, -0.1) is 0 Å². The zero-order valence-corrected chi connectivity index (χ0v) is 13.8. The molecule has 7 heteroatoms. The number of aromatic nitrogens is 3. The molecule has 4 rings (SSSR count). The smallest absolute Gasteiger partial charge is 0.407 e. The van der Waals surface area contributed by atoms with Gasteiger partial charge in [0.15, 0.2) is 5.65 Å². The van der Waals surface area contributed by atoms with Gasteiger partial charge in [-0.3, -0.25) is 5.10 Å². The maximum atomic E-state index is 11.8. The van der Waals surface area contributed by atoms with Crippen LogP contribution in [0.15, 0.2) is 36.5 Å². The molecule has 0 saturated heterocycles. The average molecular weight is 338 g/mol. The van der Waals surface area contributed by atoms with Gasteiger partial charge in [0, 0.05) is 18.5 Å². The van der Waals surface area contributed by atoms with E-state index >= 15 is 0 Å². The lowest BCUT2D eigenvalue weighted by Crippen LogP contribution is -2.28. The van der Waals surface area contributed by atoms with Gasteiger partial charge in [0.1, 0.15) is 18.1 Å². The van der Waals surface area contributed by atoms with Crippen LogP contribution in [0.25, 0.3) is 22.3 Å². The monoisotopic (exact) mass is 338 g/mol. The molecule has 3 heterocycles. The van der Waals surface area contributed by atoms with Crippen molar-refractivity contribution in [2.75, 3.05) is 6.54 Å². The van der Waals surface area contributed by atoms with E-state index < -0.39 is 6.09 Å². The molecule has 0 saturated carbocycles. The van der Waals surface area contributed by atoms with Crippen molar-refractivity contribution in [3.8, 4) is 17.0 Å². The third-order valence-corrected chi connectivity index (χ3v) is 4.12. The largest absolute Gasteiger partial charge is 0.489 e. The number of ether oxygens (including phenoxy) is 2. The van der Waals surface area contributed by atoms with E-state index in [1.165, 1.54) is 0 Å². The van der Waals surface area contributed by atoms with Crippen molar-refractivity contribution >= 4 is 17.1 Å². The molecule has 0 spiro atoms. The number of nitrogens with one attached hydrogen (secondary N) is 2. The van der Waals surface area contributed by atoms with Gasteiger partial charge in [0.05, 0.1) is 17.7 Å². The fourth-order valence-corrected chi connectivity index (χ4v) is 2.85. The van der Waals surface area contributed by atoms with Gasteiger partial charge in [-0.1, -0.05) is 18.2 Å². The van der Waals surface area contributed by atoms with Crippen molar-refractivity contribution in [3.05, 3.63) is 42.1 Å². The molecule has 3 aromatic rings. The number of H-pyrrole nitrogens is 1. The minimum atomic E-state index is -0.433. The maximum absolute atomic E-state index is 11.8. The number of nitrogens with zero attached hydrogens (tertiary/aromatic N) is 2. The quantitative estimate of drug-likeness (QED) is 0.658. The summed E-state index contributed by atoms with van der Waals surface area (Å²) in [6.07, 6.45) is 1.84. The zero-order valence-electron chi connectivity index (χ0n) is 13.8. The second kappa shape index (κ2) is 6.43. The van der Waals surface area contributed by atoms with Gasteiger partial charge in [0.25, 0.3) is 0 Å². The number of amides is 1. The average Bonchev–Trinajstić information content (AvgIpc) is 3.03. The summed E-state index contributed by atoms with van der Waals surface area (Å²) in [5.41, 5.74) is 3.32. The lowest BCUT2D eigenvalue weighted by molar-refractivity contribution is 0.137. The van der Waals surface area contributed by atoms with Gasteiger partial charge in [-0.2, -0.15) is 5.10 Å². The Morgan fingerprint density at radius 3 is 3.12 bits per heavy atom. The van der Waals surface area contributed by atoms with Crippen LogP contribution in [-0.4, -0.2) is 33.9 Å². The normalized spacial score (nSPS) is 18.0. The first-order chi connectivity index (χ1) is 12.2. The van der Waals surface area contributed by atoms with Crippen molar-refractivity contribution in [3.63, 3.8) is 0 Å². The highest BCUT2D eigenvalue weighted by Crippen LogP contribution is 2.29. The summed E-state index contributed by atoms with van der Waals surface area (Å²) in [7, 11) is 0. The second-order valence-corrected chi connectivity index (χ2v) is 6.06. The van der Waals surface area contributed by atoms with Crippen LogP contribution in [-0.2, 0) is 11.3 Å². The maximum Gasteiger partial charge on any atom is 0.407 e. The predicted molar refractivity (Wildman–Crippen MR) is 92.2 cm³/mol. The number of carbonyl (C=O) groups is 1. The molecule has 2 N–H and O–H groups in total. The number of alkyl carbamates (subject to hydrolysis) is 1. The molecule has 0 aliphatic carbocycles. The van der Waals surface area contributed by atoms with Gasteiger partial charge in [0.2, 0.25) is 0 Å². The number of carbonyl (C=O) groups excluding carboxylic acids is 1. The minimum Gasteiger partial charge on any atom is -0.489 e. The molecule has 128 valence electrons. The Morgan fingerprint density at radius 1 is 1.28 bits per heavy atom. The standard InChI is InChI=1S/C18H18N4O3/c1-11-5-6-19-18(23)24-10-12-3-2-4-13(7-12)16-15-8-14(25-11)9-20-17(15)22-21-16/h2-4,7-9,11H,5-6,10H2,1H3,(H,19,23)(H,20,21,22)/t11-/m1/s1. The predicted octanol–water partition coefficient (Wildman–Crippen LogP) is 3.02. The summed E-state index contributed by atoms with van der Waals surface area (Å²) >= 11 is 0. The van der Waals surface area contributed by atoms with Gasteiger partial charge in [-0.25, -0.2) is 9.78 Å². The molecule has 0 unspecified atom stereocenters. The summed E-state index contributed by atoms with van der Waals surface area (Å²) in [6, 6.07) is 9.70. The van der Waals surface area contributed by atoms with Gasteiger partial charge >= 0.3 is 6.09 Å². The molecule has 1 aliphatic rings. The highest BCUT2D eigenvalue weighted by atomic mass is 16.5. The van der Waals surface area contributed by atoms with Crippen LogP contribution >= 0.6 is 0 Å². The number of hydrogen-bond donors (Lipinski definition) is 2. The Hall–Kier alpha value is -3.09. The molecule has 2 aromatic heterocycles. The topological polar surface area (TPSA) is 89.1 Å². The van der Waals surface area contributed by atoms with Gasteiger partial charge < -0.3 is 14.8 Å². The summed E-state index contributed by atoms with van der Waals surface area (Å²) < 4.78 is 11.2. The van der Waals surface area contributed by atoms with Crippen molar-refractivity contribution in [1.29, 1.82) is 0 Å². The van der Waals surface area contributed by atoms with E-state index in [0.29, 0.717) is 24.4 Å². The lowest BCUT2D eigenvalue weighted by Gasteiger charge is -2.14. The summed E-state index contributed by atoms with van der Waals surface area (Å²) in [5, 5.41) is 11.0. The van der Waals surface area contributed by atoms with E-state index in [-0.39, 0.29) is 12.7 Å². The number of benzene rings is 1. The Morgan fingerprint density at radius 2 is 2.20 bits per heavy atom. The fraction of sp³-hybridized carbons (Fsp3) is 0.278. The number of aromatic amines is 1. The molecule has 7 nitrogen and oxygen atoms in total. The van der Waals surface area contributed by atoms with E-state index in [1.807, 2.05) is 37.3 Å². The molecule has 1 aromatic carbocycles. The molecule has 1 aliphatic heterocycles. The molecule has 0 radical (unpaired) electrons. The van der Waals surface area contributed by atoms with Crippen LogP contribution in [0.4, 0.5) is 4.79 Å². The molecule has 4 bridgehead atoms. The van der Waals surface area contributed by atoms with Crippen LogP contribution < -0.4 is 10.1 Å². The number of pyridine rings is 1. The van der Waals surface area contributed by atoms with Crippen LogP contribution in [0, 0.1) is 0 Å². The highest BCUT2D eigenvalue weighted by molar-refractivity contribution is 5.91. The Kier molecular flexibility index (Phi) is 3.97. The van der Waals surface area contributed by atoms with E-state index in [4.69, 9.17) is 9.47 Å². The Bertz CT molecular complexity index is 922. The minimum absolute atomic E-state index is 0.0684. The molecular weight excluding hydrogens is 320 g/mol. The van der Waals surface area contributed by atoms with E-state index in [2.05, 4.69) is 20.5 Å². The third-order valence-electron chi connectivity index (χ3n) is 4.12. The summed E-state index contributed by atoms with van der Waals surface area (Å²) in [6.45, 7) is 2.64. The zero-order chi connectivity index (χ0) is 17.2. The van der Waals surface area contributed by atoms with Crippen LogP contribution in [0.2, 0.25) is 0 Å². The molecule has 1 amide bonds. The SMILES string of the molecule is C[C@@H]1CCNC(=O)OCc2cccc(c2)-c2n[nH]c3ncc(cc23)O1. The molecular formula is C18H18N4O3. The fourth-order valence-electron chi connectivity index (χ4n) is 2.85. The summed E-state index contributed by atoms with van der Waals surface area (Å²) in [5.74, 6) is 0.677. The second-order valence-electron chi connectivity index (χ2n) is 6.06. The van der Waals surface area contributed by atoms with Crippen molar-refractivity contribution in [2.45, 2.75) is 26.1 Å². The van der Waals surface area contributed by atoms with E-state index in [0.717, 1.165) is 22.2 Å². The Labute approximate surface area is 144 Å². The van der Waals surface area contributed by atoms with E-state index in [9.17, 15) is 4.79 Å². The molecule has 1 atom stereocenters. The van der Waals surface area contributed by atoms with Crippen LogP contribution in [0.1, 0.15) is 18.9 Å².